The molecule has 0 saturated heterocycles. The predicted molar refractivity (Wildman–Crippen MR) is 110 cm³/mol. The highest BCUT2D eigenvalue weighted by atomic mass is 15.1. The maximum absolute atomic E-state index is 2.34. The number of nitrogens with zero attached hydrogens (tertiary/aromatic N) is 2. The van der Waals surface area contributed by atoms with Crippen LogP contribution in [-0.2, 0) is 13.1 Å². The molecule has 25 heavy (non-hydrogen) atoms. The zero-order valence-corrected chi connectivity index (χ0v) is 17.5. The van der Waals surface area contributed by atoms with Gasteiger partial charge in [-0.15, -0.1) is 0 Å². The molecule has 0 aliphatic carbocycles. The molecule has 1 rings (SSSR count). The molecule has 0 aliphatic rings. The van der Waals surface area contributed by atoms with Crippen molar-refractivity contribution in [2.45, 2.75) is 124 Å². The fraction of sp³-hybridized carbons (Fsp3) is 0.870. The second-order valence-electron chi connectivity index (χ2n) is 8.31. The highest BCUT2D eigenvalue weighted by Crippen LogP contribution is 2.14. The zero-order valence-electron chi connectivity index (χ0n) is 17.5. The Morgan fingerprint density at radius 1 is 0.760 bits per heavy atom. The summed E-state index contributed by atoms with van der Waals surface area (Å²) in [5.74, 6) is 0.890. The summed E-state index contributed by atoms with van der Waals surface area (Å²) in [5, 5.41) is 0. The largest absolute Gasteiger partial charge is 0.243 e. The van der Waals surface area contributed by atoms with Crippen LogP contribution in [-0.4, -0.2) is 4.57 Å². The normalized spacial score (nSPS) is 11.5. The number of imidazole rings is 1. The Labute approximate surface area is 158 Å². The van der Waals surface area contributed by atoms with Crippen LogP contribution in [0.25, 0.3) is 0 Å². The van der Waals surface area contributed by atoms with Crippen LogP contribution < -0.4 is 4.57 Å². The van der Waals surface area contributed by atoms with Gasteiger partial charge < -0.3 is 0 Å². The van der Waals surface area contributed by atoms with Crippen LogP contribution in [0, 0.1) is 5.92 Å². The Balaban J connectivity index is 1.78. The minimum Gasteiger partial charge on any atom is -0.237 e. The van der Waals surface area contributed by atoms with Crippen molar-refractivity contribution in [3.05, 3.63) is 18.7 Å². The molecule has 0 atom stereocenters. The summed E-state index contributed by atoms with van der Waals surface area (Å²) in [6, 6.07) is 0. The van der Waals surface area contributed by atoms with Crippen LogP contribution in [0.1, 0.15) is 111 Å². The van der Waals surface area contributed by atoms with Gasteiger partial charge in [-0.1, -0.05) is 91.4 Å². The lowest BCUT2D eigenvalue weighted by atomic mass is 10.0. The van der Waals surface area contributed by atoms with E-state index in [1.54, 1.807) is 0 Å². The number of aryl methyl sites for hydroxylation is 2. The van der Waals surface area contributed by atoms with Gasteiger partial charge in [-0.3, -0.25) is 0 Å². The van der Waals surface area contributed by atoms with Gasteiger partial charge in [-0.05, 0) is 25.2 Å². The van der Waals surface area contributed by atoms with Crippen LogP contribution in [0.5, 0.6) is 0 Å². The first-order chi connectivity index (χ1) is 12.2. The quantitative estimate of drug-likeness (QED) is 0.213. The van der Waals surface area contributed by atoms with Gasteiger partial charge in [0.05, 0.1) is 13.1 Å². The smallest absolute Gasteiger partial charge is 0.237 e. The first kappa shape index (κ1) is 22.3. The van der Waals surface area contributed by atoms with Crippen LogP contribution in [0.3, 0.4) is 0 Å². The first-order valence-corrected chi connectivity index (χ1v) is 11.3. The first-order valence-electron chi connectivity index (χ1n) is 11.3. The summed E-state index contributed by atoms with van der Waals surface area (Å²) in [4.78, 5) is 0. The average molecular weight is 350 g/mol. The molecule has 0 bridgehead atoms. The standard InChI is InChI=1S/C23H45N2/c1-4-18-24-20-21-25(22-24)19-16-14-12-10-8-6-5-7-9-11-13-15-17-23(2)3/h20-23H,4-19H2,1-3H3/q+1. The van der Waals surface area contributed by atoms with Crippen LogP contribution in [0.2, 0.25) is 0 Å². The van der Waals surface area contributed by atoms with E-state index < -0.39 is 0 Å². The van der Waals surface area contributed by atoms with Crippen molar-refractivity contribution in [3.8, 4) is 0 Å². The van der Waals surface area contributed by atoms with E-state index in [0.29, 0.717) is 0 Å². The van der Waals surface area contributed by atoms with E-state index in [-0.39, 0.29) is 0 Å². The van der Waals surface area contributed by atoms with Gasteiger partial charge in [-0.25, -0.2) is 9.13 Å². The Morgan fingerprint density at radius 2 is 1.28 bits per heavy atom. The van der Waals surface area contributed by atoms with Gasteiger partial charge in [0, 0.05) is 0 Å². The Hall–Kier alpha value is -0.790. The third-order valence-electron chi connectivity index (χ3n) is 5.18. The summed E-state index contributed by atoms with van der Waals surface area (Å²) in [7, 11) is 0. The molecule has 1 aromatic heterocycles. The molecule has 0 saturated carbocycles. The molecule has 146 valence electrons. The topological polar surface area (TPSA) is 8.81 Å². The maximum Gasteiger partial charge on any atom is 0.243 e. The van der Waals surface area contributed by atoms with E-state index in [0.717, 1.165) is 12.5 Å². The van der Waals surface area contributed by atoms with E-state index in [9.17, 15) is 0 Å². The van der Waals surface area contributed by atoms with Crippen molar-refractivity contribution in [2.24, 2.45) is 5.92 Å². The molecule has 2 heteroatoms. The number of unbranched alkanes of at least 4 members (excludes halogenated alkanes) is 11. The number of aromatic nitrogens is 2. The number of hydrogen-bond acceptors (Lipinski definition) is 0. The highest BCUT2D eigenvalue weighted by Gasteiger charge is 2.02. The molecule has 0 fully saturated rings. The molecule has 0 N–H and O–H groups in total. The monoisotopic (exact) mass is 349 g/mol. The summed E-state index contributed by atoms with van der Waals surface area (Å²) < 4.78 is 4.64. The Kier molecular flexibility index (Phi) is 13.8. The summed E-state index contributed by atoms with van der Waals surface area (Å²) in [5.41, 5.74) is 0. The summed E-state index contributed by atoms with van der Waals surface area (Å²) >= 11 is 0. The minimum absolute atomic E-state index is 0.890. The molecule has 2 nitrogen and oxygen atoms in total. The van der Waals surface area contributed by atoms with Crippen LogP contribution in [0.15, 0.2) is 18.7 Å². The van der Waals surface area contributed by atoms with E-state index in [1.807, 2.05) is 0 Å². The third kappa shape index (κ3) is 13.1. The fourth-order valence-electron chi connectivity index (χ4n) is 3.58. The molecule has 1 heterocycles. The molecule has 0 unspecified atom stereocenters. The van der Waals surface area contributed by atoms with E-state index in [1.165, 1.54) is 96.4 Å². The van der Waals surface area contributed by atoms with Crippen molar-refractivity contribution < 1.29 is 4.57 Å². The van der Waals surface area contributed by atoms with E-state index in [4.69, 9.17) is 0 Å². The lowest BCUT2D eigenvalue weighted by Gasteiger charge is -2.04. The highest BCUT2D eigenvalue weighted by molar-refractivity contribution is 4.65. The molecule has 0 aliphatic heterocycles. The molecule has 0 radical (unpaired) electrons. The van der Waals surface area contributed by atoms with Crippen molar-refractivity contribution in [1.82, 2.24) is 4.57 Å². The Morgan fingerprint density at radius 3 is 1.80 bits per heavy atom. The number of rotatable bonds is 17. The predicted octanol–water partition coefficient (Wildman–Crippen LogP) is 6.91. The van der Waals surface area contributed by atoms with Gasteiger partial charge in [0.25, 0.3) is 0 Å². The second kappa shape index (κ2) is 15.5. The van der Waals surface area contributed by atoms with Crippen molar-refractivity contribution in [1.29, 1.82) is 0 Å². The van der Waals surface area contributed by atoms with Gasteiger partial charge in [0.1, 0.15) is 12.4 Å². The van der Waals surface area contributed by atoms with Crippen molar-refractivity contribution in [2.75, 3.05) is 0 Å². The van der Waals surface area contributed by atoms with Gasteiger partial charge in [0.15, 0.2) is 0 Å². The molecule has 1 aromatic rings. The lowest BCUT2D eigenvalue weighted by molar-refractivity contribution is -0.696. The second-order valence-corrected chi connectivity index (χ2v) is 8.31. The fourth-order valence-corrected chi connectivity index (χ4v) is 3.58. The summed E-state index contributed by atoms with van der Waals surface area (Å²) in [6.45, 7) is 9.24. The van der Waals surface area contributed by atoms with Crippen LogP contribution >= 0.6 is 0 Å². The molecule has 0 spiro atoms. The van der Waals surface area contributed by atoms with E-state index in [2.05, 4.69) is 48.6 Å². The van der Waals surface area contributed by atoms with Crippen molar-refractivity contribution >= 4 is 0 Å². The Bertz CT molecular complexity index is 395. The molecule has 0 aromatic carbocycles. The van der Waals surface area contributed by atoms with Gasteiger partial charge in [0.2, 0.25) is 6.33 Å². The lowest BCUT2D eigenvalue weighted by Crippen LogP contribution is -2.30. The molecular formula is C23H45N2+. The van der Waals surface area contributed by atoms with Crippen LogP contribution in [0.4, 0.5) is 0 Å². The van der Waals surface area contributed by atoms with Gasteiger partial charge in [-0.2, -0.15) is 0 Å². The van der Waals surface area contributed by atoms with Crippen molar-refractivity contribution in [3.63, 3.8) is 0 Å². The maximum atomic E-state index is 2.34. The third-order valence-corrected chi connectivity index (χ3v) is 5.18. The molecule has 0 amide bonds. The summed E-state index contributed by atoms with van der Waals surface area (Å²) in [6.07, 6.45) is 26.6. The zero-order chi connectivity index (χ0) is 18.2. The average Bonchev–Trinajstić information content (AvgIpc) is 3.03. The van der Waals surface area contributed by atoms with Gasteiger partial charge >= 0.3 is 0 Å². The number of hydrogen-bond donors (Lipinski definition) is 0. The molecular weight excluding hydrogens is 304 g/mol. The minimum atomic E-state index is 0.890. The van der Waals surface area contributed by atoms with E-state index >= 15 is 0 Å². The SMILES string of the molecule is CCCn1cc[n+](CCCCCCCCCCCCCCC(C)C)c1.